The van der Waals surface area contributed by atoms with Crippen LogP contribution in [-0.2, 0) is 0 Å². The number of halogens is 1. The van der Waals surface area contributed by atoms with Crippen molar-refractivity contribution in [3.8, 4) is 0 Å². The summed E-state index contributed by atoms with van der Waals surface area (Å²) < 4.78 is 0.855. The van der Waals surface area contributed by atoms with Crippen LogP contribution < -0.4 is 5.32 Å². The fraction of sp³-hybridized carbons (Fsp3) is 0.429. The third-order valence-corrected chi connectivity index (χ3v) is 4.99. The van der Waals surface area contributed by atoms with Gasteiger partial charge in [0.2, 0.25) is 0 Å². The number of nitrogens with zero attached hydrogens (tertiary/aromatic N) is 2. The Morgan fingerprint density at radius 1 is 1.40 bits per heavy atom. The Hall–Kier alpha value is -1.56. The van der Waals surface area contributed by atoms with E-state index < -0.39 is 0 Å². The maximum absolute atomic E-state index is 12.6. The Morgan fingerprint density at radius 2 is 2.20 bits per heavy atom. The molecule has 1 aromatic rings. The van der Waals surface area contributed by atoms with Crippen molar-refractivity contribution >= 4 is 27.9 Å². The summed E-state index contributed by atoms with van der Waals surface area (Å²) in [4.78, 5) is 27.8. The second-order valence-electron chi connectivity index (χ2n) is 5.22. The number of fused-ring (bicyclic) bond motifs is 1. The molecule has 0 spiro atoms. The number of aryl methyl sites for hydroxylation is 1. The first-order chi connectivity index (χ1) is 9.58. The highest BCUT2D eigenvalue weighted by atomic mass is 79.9. The van der Waals surface area contributed by atoms with Gasteiger partial charge in [-0.05, 0) is 34.5 Å². The van der Waals surface area contributed by atoms with Crippen molar-refractivity contribution in [2.45, 2.75) is 13.0 Å². The minimum Gasteiger partial charge on any atom is -0.336 e. The summed E-state index contributed by atoms with van der Waals surface area (Å²) in [5.41, 5.74) is 1.74. The molecule has 2 aliphatic rings. The fourth-order valence-corrected chi connectivity index (χ4v) is 3.21. The summed E-state index contributed by atoms with van der Waals surface area (Å²) in [5, 5.41) is 2.82. The number of piperazine rings is 1. The van der Waals surface area contributed by atoms with Crippen LogP contribution in [0.5, 0.6) is 0 Å². The van der Waals surface area contributed by atoms with E-state index in [2.05, 4.69) is 21.2 Å². The lowest BCUT2D eigenvalue weighted by Crippen LogP contribution is -2.53. The Morgan fingerprint density at radius 3 is 3.00 bits per heavy atom. The Balaban J connectivity index is 1.79. The minimum atomic E-state index is -0.0150. The van der Waals surface area contributed by atoms with Crippen LogP contribution in [0, 0.1) is 6.92 Å². The summed E-state index contributed by atoms with van der Waals surface area (Å²) in [6.07, 6.45) is 0. The largest absolute Gasteiger partial charge is 0.336 e. The van der Waals surface area contributed by atoms with E-state index in [1.807, 2.05) is 34.9 Å². The average Bonchev–Trinajstić information content (AvgIpc) is 2.82. The van der Waals surface area contributed by atoms with E-state index in [-0.39, 0.29) is 18.0 Å². The van der Waals surface area contributed by atoms with E-state index in [1.165, 1.54) is 0 Å². The molecule has 1 N–H and O–H groups in total. The van der Waals surface area contributed by atoms with Gasteiger partial charge < -0.3 is 15.1 Å². The van der Waals surface area contributed by atoms with E-state index >= 15 is 0 Å². The second-order valence-corrected chi connectivity index (χ2v) is 6.01. The van der Waals surface area contributed by atoms with Gasteiger partial charge in [-0.3, -0.25) is 4.79 Å². The summed E-state index contributed by atoms with van der Waals surface area (Å²) in [6.45, 7) is 4.38. The molecule has 1 aromatic carbocycles. The van der Waals surface area contributed by atoms with Crippen LogP contribution in [0.3, 0.4) is 0 Å². The van der Waals surface area contributed by atoms with Crippen LogP contribution in [0.25, 0.3) is 0 Å². The lowest BCUT2D eigenvalue weighted by molar-refractivity contribution is 0.0616. The molecule has 2 fully saturated rings. The van der Waals surface area contributed by atoms with Gasteiger partial charge in [0.05, 0.1) is 11.6 Å². The molecule has 0 aromatic heterocycles. The van der Waals surface area contributed by atoms with Gasteiger partial charge in [0.25, 0.3) is 5.91 Å². The Labute approximate surface area is 126 Å². The van der Waals surface area contributed by atoms with Gasteiger partial charge in [-0.25, -0.2) is 4.79 Å². The van der Waals surface area contributed by atoms with Crippen LogP contribution >= 0.6 is 15.9 Å². The van der Waals surface area contributed by atoms with E-state index in [9.17, 15) is 9.59 Å². The second kappa shape index (κ2) is 5.09. The molecule has 2 aliphatic heterocycles. The van der Waals surface area contributed by atoms with Crippen molar-refractivity contribution in [2.24, 2.45) is 0 Å². The molecule has 0 radical (unpaired) electrons. The number of hydrogen-bond donors (Lipinski definition) is 1. The van der Waals surface area contributed by atoms with Crippen molar-refractivity contribution in [1.82, 2.24) is 15.1 Å². The van der Waals surface area contributed by atoms with Gasteiger partial charge in [-0.1, -0.05) is 12.1 Å². The number of rotatable bonds is 1. The highest BCUT2D eigenvalue weighted by molar-refractivity contribution is 9.10. The molecule has 20 heavy (non-hydrogen) atoms. The van der Waals surface area contributed by atoms with Gasteiger partial charge in [0.15, 0.2) is 0 Å². The lowest BCUT2D eigenvalue weighted by atomic mass is 10.1. The van der Waals surface area contributed by atoms with Crippen molar-refractivity contribution < 1.29 is 9.59 Å². The number of amides is 3. The highest BCUT2D eigenvalue weighted by Gasteiger charge is 2.37. The zero-order valence-electron chi connectivity index (χ0n) is 11.2. The smallest absolute Gasteiger partial charge is 0.317 e. The third kappa shape index (κ3) is 2.18. The first-order valence-corrected chi connectivity index (χ1v) is 7.46. The van der Waals surface area contributed by atoms with E-state index in [0.717, 1.165) is 10.0 Å². The van der Waals surface area contributed by atoms with Gasteiger partial charge in [0, 0.05) is 30.7 Å². The van der Waals surface area contributed by atoms with Crippen molar-refractivity contribution in [3.63, 3.8) is 0 Å². The maximum Gasteiger partial charge on any atom is 0.317 e. The first-order valence-electron chi connectivity index (χ1n) is 6.67. The van der Waals surface area contributed by atoms with Crippen molar-refractivity contribution in [2.75, 3.05) is 26.2 Å². The maximum atomic E-state index is 12.6. The van der Waals surface area contributed by atoms with Gasteiger partial charge in [0.1, 0.15) is 0 Å². The molecule has 6 heteroatoms. The lowest BCUT2D eigenvalue weighted by Gasteiger charge is -2.36. The number of benzene rings is 1. The summed E-state index contributed by atoms with van der Waals surface area (Å²) >= 11 is 3.49. The summed E-state index contributed by atoms with van der Waals surface area (Å²) in [5.74, 6) is 0.0274. The predicted octanol–water partition coefficient (Wildman–Crippen LogP) is 1.61. The number of carbonyl (C=O) groups is 2. The zero-order chi connectivity index (χ0) is 14.3. The molecule has 3 rings (SSSR count). The molecule has 0 aliphatic carbocycles. The van der Waals surface area contributed by atoms with Crippen LogP contribution in [0.4, 0.5) is 4.79 Å². The molecule has 3 amide bonds. The van der Waals surface area contributed by atoms with Gasteiger partial charge in [-0.15, -0.1) is 0 Å². The molecular weight excluding hydrogens is 322 g/mol. The van der Waals surface area contributed by atoms with Crippen molar-refractivity contribution in [1.29, 1.82) is 0 Å². The number of carbonyl (C=O) groups excluding carboxylic acids is 2. The molecular formula is C14H16BrN3O2. The van der Waals surface area contributed by atoms with Crippen molar-refractivity contribution in [3.05, 3.63) is 33.8 Å². The van der Waals surface area contributed by atoms with E-state index in [0.29, 0.717) is 31.7 Å². The highest BCUT2D eigenvalue weighted by Crippen LogP contribution is 2.24. The SMILES string of the molecule is Cc1cccc(C(=O)N2CCN3C(=O)NCC3C2)c1Br. The predicted molar refractivity (Wildman–Crippen MR) is 78.7 cm³/mol. The Kier molecular flexibility index (Phi) is 3.41. The van der Waals surface area contributed by atoms with E-state index in [4.69, 9.17) is 0 Å². The summed E-state index contributed by atoms with van der Waals surface area (Å²) in [7, 11) is 0. The molecule has 1 atom stereocenters. The Bertz CT molecular complexity index is 576. The molecule has 5 nitrogen and oxygen atoms in total. The molecule has 1 unspecified atom stereocenters. The first kappa shape index (κ1) is 13.4. The zero-order valence-corrected chi connectivity index (χ0v) is 12.8. The topological polar surface area (TPSA) is 52.7 Å². The average molecular weight is 338 g/mol. The number of nitrogens with one attached hydrogen (secondary N) is 1. The fourth-order valence-electron chi connectivity index (χ4n) is 2.77. The normalized spacial score (nSPS) is 21.7. The minimum absolute atomic E-state index is 0.0150. The third-order valence-electron chi connectivity index (χ3n) is 3.94. The standard InChI is InChI=1S/C14H16BrN3O2/c1-9-3-2-4-11(12(9)15)13(19)17-5-6-18-10(8-17)7-16-14(18)20/h2-4,10H,5-8H2,1H3,(H,16,20). The van der Waals surface area contributed by atoms with Crippen LogP contribution in [0.2, 0.25) is 0 Å². The van der Waals surface area contributed by atoms with Crippen LogP contribution in [-0.4, -0.2) is 54.0 Å². The monoisotopic (exact) mass is 337 g/mol. The van der Waals surface area contributed by atoms with Crippen LogP contribution in [0.15, 0.2) is 22.7 Å². The molecule has 2 heterocycles. The molecule has 106 valence electrons. The van der Waals surface area contributed by atoms with Crippen LogP contribution in [0.1, 0.15) is 15.9 Å². The number of urea groups is 1. The summed E-state index contributed by atoms with van der Waals surface area (Å²) in [6, 6.07) is 5.79. The van der Waals surface area contributed by atoms with Gasteiger partial charge >= 0.3 is 6.03 Å². The molecule has 2 saturated heterocycles. The molecule has 0 saturated carbocycles. The van der Waals surface area contributed by atoms with Gasteiger partial charge in [-0.2, -0.15) is 0 Å². The molecule has 0 bridgehead atoms. The van der Waals surface area contributed by atoms with E-state index in [1.54, 1.807) is 0 Å². The number of hydrogen-bond acceptors (Lipinski definition) is 2. The quantitative estimate of drug-likeness (QED) is 0.846.